The average Bonchev–Trinajstić information content (AvgIpc) is 3.29. The van der Waals surface area contributed by atoms with Crippen molar-refractivity contribution in [1.29, 1.82) is 0 Å². The molecule has 1 aliphatic heterocycles. The lowest BCUT2D eigenvalue weighted by atomic mass is 10.2. The number of carbonyl (C=O) groups is 2. The Kier molecular flexibility index (Phi) is 4.81. The predicted octanol–water partition coefficient (Wildman–Crippen LogP) is 2.12. The molecule has 0 bridgehead atoms. The van der Waals surface area contributed by atoms with Gasteiger partial charge in [0.2, 0.25) is 0 Å². The van der Waals surface area contributed by atoms with Gasteiger partial charge in [0.1, 0.15) is 12.6 Å². The van der Waals surface area contributed by atoms with Crippen LogP contribution >= 0.6 is 0 Å². The van der Waals surface area contributed by atoms with Crippen LogP contribution in [-0.2, 0) is 25.6 Å². The second-order valence-electron chi connectivity index (χ2n) is 5.92. The Labute approximate surface area is 135 Å². The van der Waals surface area contributed by atoms with Crippen LogP contribution in [0.5, 0.6) is 0 Å². The van der Waals surface area contributed by atoms with Crippen molar-refractivity contribution >= 4 is 12.1 Å². The maximum absolute atomic E-state index is 12.3. The molecule has 0 N–H and O–H groups in total. The number of carbonyl (C=O) groups excluding carboxylic acids is 2. The zero-order valence-electron chi connectivity index (χ0n) is 13.1. The summed E-state index contributed by atoms with van der Waals surface area (Å²) in [6, 6.07) is 8.80. The number of amides is 1. The van der Waals surface area contributed by atoms with Gasteiger partial charge in [-0.25, -0.2) is 9.59 Å². The highest BCUT2D eigenvalue weighted by Crippen LogP contribution is 2.30. The van der Waals surface area contributed by atoms with Crippen molar-refractivity contribution in [2.45, 2.75) is 44.1 Å². The normalized spacial score (nSPS) is 23.6. The van der Waals surface area contributed by atoms with Crippen LogP contribution < -0.4 is 0 Å². The van der Waals surface area contributed by atoms with Gasteiger partial charge in [0.25, 0.3) is 0 Å². The van der Waals surface area contributed by atoms with E-state index in [1.54, 1.807) is 0 Å². The molecule has 1 amide bonds. The molecule has 2 atom stereocenters. The van der Waals surface area contributed by atoms with Gasteiger partial charge in [0.15, 0.2) is 0 Å². The van der Waals surface area contributed by atoms with Gasteiger partial charge in [-0.05, 0) is 18.4 Å². The number of ether oxygens (including phenoxy) is 3. The van der Waals surface area contributed by atoms with Crippen LogP contribution in [0.4, 0.5) is 4.79 Å². The first-order valence-corrected chi connectivity index (χ1v) is 7.88. The van der Waals surface area contributed by atoms with Crippen LogP contribution in [0.3, 0.4) is 0 Å². The fourth-order valence-corrected chi connectivity index (χ4v) is 2.74. The van der Waals surface area contributed by atoms with Crippen molar-refractivity contribution in [3.05, 3.63) is 35.9 Å². The van der Waals surface area contributed by atoms with E-state index in [-0.39, 0.29) is 18.8 Å². The second-order valence-corrected chi connectivity index (χ2v) is 5.92. The molecule has 1 saturated carbocycles. The summed E-state index contributed by atoms with van der Waals surface area (Å²) in [6.07, 6.45) is 2.21. The van der Waals surface area contributed by atoms with Gasteiger partial charge in [-0.3, -0.25) is 4.90 Å². The molecular formula is C17H21NO5. The van der Waals surface area contributed by atoms with Crippen molar-refractivity contribution in [2.24, 2.45) is 0 Å². The summed E-state index contributed by atoms with van der Waals surface area (Å²) in [5.41, 5.74) is 0.903. The van der Waals surface area contributed by atoms with Gasteiger partial charge in [-0.1, -0.05) is 30.3 Å². The molecule has 1 aliphatic carbocycles. The number of likely N-dealkylation sites (tertiary alicyclic amines) is 1. The van der Waals surface area contributed by atoms with Crippen LogP contribution in [0.25, 0.3) is 0 Å². The van der Waals surface area contributed by atoms with Gasteiger partial charge in [-0.2, -0.15) is 0 Å². The van der Waals surface area contributed by atoms with E-state index in [2.05, 4.69) is 0 Å². The van der Waals surface area contributed by atoms with Crippen molar-refractivity contribution in [3.63, 3.8) is 0 Å². The largest absolute Gasteiger partial charge is 0.467 e. The molecular weight excluding hydrogens is 298 g/mol. The van der Waals surface area contributed by atoms with Crippen molar-refractivity contribution in [1.82, 2.24) is 4.90 Å². The molecule has 1 saturated heterocycles. The van der Waals surface area contributed by atoms with E-state index in [1.165, 1.54) is 12.0 Å². The summed E-state index contributed by atoms with van der Waals surface area (Å²) in [7, 11) is 1.32. The minimum absolute atomic E-state index is 0.129. The van der Waals surface area contributed by atoms with Gasteiger partial charge >= 0.3 is 12.1 Å². The Morgan fingerprint density at radius 1 is 1.17 bits per heavy atom. The molecule has 1 aromatic carbocycles. The van der Waals surface area contributed by atoms with E-state index in [9.17, 15) is 9.59 Å². The van der Waals surface area contributed by atoms with Gasteiger partial charge in [-0.15, -0.1) is 0 Å². The maximum atomic E-state index is 12.3. The molecule has 6 heteroatoms. The topological polar surface area (TPSA) is 65.1 Å². The van der Waals surface area contributed by atoms with Crippen LogP contribution in [0.2, 0.25) is 0 Å². The summed E-state index contributed by atoms with van der Waals surface area (Å²) in [4.78, 5) is 25.7. The third-order valence-electron chi connectivity index (χ3n) is 4.08. The maximum Gasteiger partial charge on any atom is 0.410 e. The molecule has 0 aromatic heterocycles. The third-order valence-corrected chi connectivity index (χ3v) is 4.08. The van der Waals surface area contributed by atoms with E-state index >= 15 is 0 Å². The van der Waals surface area contributed by atoms with E-state index < -0.39 is 18.1 Å². The molecule has 124 valence electrons. The van der Waals surface area contributed by atoms with Gasteiger partial charge < -0.3 is 14.2 Å². The van der Waals surface area contributed by atoms with Crippen LogP contribution in [0.1, 0.15) is 24.8 Å². The lowest BCUT2D eigenvalue weighted by Gasteiger charge is -2.21. The fraction of sp³-hybridized carbons (Fsp3) is 0.529. The monoisotopic (exact) mass is 319 g/mol. The van der Waals surface area contributed by atoms with E-state index in [0.717, 1.165) is 18.4 Å². The van der Waals surface area contributed by atoms with E-state index in [0.29, 0.717) is 13.0 Å². The lowest BCUT2D eigenvalue weighted by Crippen LogP contribution is -2.41. The van der Waals surface area contributed by atoms with Gasteiger partial charge in [0, 0.05) is 6.42 Å². The van der Waals surface area contributed by atoms with Crippen LogP contribution in [-0.4, -0.2) is 48.9 Å². The number of benzene rings is 1. The first kappa shape index (κ1) is 15.8. The van der Waals surface area contributed by atoms with Gasteiger partial charge in [0.05, 0.1) is 25.9 Å². The molecule has 1 aromatic rings. The molecule has 2 unspecified atom stereocenters. The van der Waals surface area contributed by atoms with Crippen LogP contribution in [0.15, 0.2) is 30.3 Å². The molecule has 23 heavy (non-hydrogen) atoms. The zero-order valence-corrected chi connectivity index (χ0v) is 13.1. The Morgan fingerprint density at radius 2 is 1.91 bits per heavy atom. The Balaban J connectivity index is 1.59. The highest BCUT2D eigenvalue weighted by Gasteiger charge is 2.43. The highest BCUT2D eigenvalue weighted by atomic mass is 16.6. The fourth-order valence-electron chi connectivity index (χ4n) is 2.74. The Hall–Kier alpha value is -2.08. The minimum Gasteiger partial charge on any atom is -0.467 e. The molecule has 6 nitrogen and oxygen atoms in total. The average molecular weight is 319 g/mol. The lowest BCUT2D eigenvalue weighted by molar-refractivity contribution is -0.145. The molecule has 2 aliphatic rings. The smallest absolute Gasteiger partial charge is 0.410 e. The molecule has 2 fully saturated rings. The Bertz CT molecular complexity index is 557. The number of hydrogen-bond donors (Lipinski definition) is 0. The summed E-state index contributed by atoms with van der Waals surface area (Å²) in [5, 5.41) is 0. The number of hydrogen-bond acceptors (Lipinski definition) is 5. The standard InChI is InChI=1S/C17H21NO5/c1-21-16(19)15-9-14(23-13-7-8-13)10-18(15)17(20)22-11-12-5-3-2-4-6-12/h2-6,13-15H,7-11H2,1H3. The summed E-state index contributed by atoms with van der Waals surface area (Å²) in [5.74, 6) is -0.427. The number of esters is 1. The van der Waals surface area contributed by atoms with Crippen molar-refractivity contribution in [2.75, 3.05) is 13.7 Å². The minimum atomic E-state index is -0.632. The first-order chi connectivity index (χ1) is 11.2. The molecule has 3 rings (SSSR count). The van der Waals surface area contributed by atoms with Crippen molar-refractivity contribution < 1.29 is 23.8 Å². The van der Waals surface area contributed by atoms with Crippen molar-refractivity contribution in [3.8, 4) is 0 Å². The SMILES string of the molecule is COC(=O)C1CC(OC2CC2)CN1C(=O)OCc1ccccc1. The molecule has 1 heterocycles. The predicted molar refractivity (Wildman–Crippen MR) is 81.6 cm³/mol. The highest BCUT2D eigenvalue weighted by molar-refractivity contribution is 5.82. The second kappa shape index (κ2) is 7.00. The van der Waals surface area contributed by atoms with E-state index in [1.807, 2.05) is 30.3 Å². The molecule has 0 spiro atoms. The van der Waals surface area contributed by atoms with E-state index in [4.69, 9.17) is 14.2 Å². The zero-order chi connectivity index (χ0) is 16.2. The summed E-state index contributed by atoms with van der Waals surface area (Å²) in [6.45, 7) is 0.544. The molecule has 0 radical (unpaired) electrons. The quantitative estimate of drug-likeness (QED) is 0.778. The Morgan fingerprint density at radius 3 is 2.57 bits per heavy atom. The number of nitrogens with zero attached hydrogens (tertiary/aromatic N) is 1. The first-order valence-electron chi connectivity index (χ1n) is 7.88. The summed E-state index contributed by atoms with van der Waals surface area (Å²) >= 11 is 0. The number of methoxy groups -OCH3 is 1. The van der Waals surface area contributed by atoms with Crippen LogP contribution in [0, 0.1) is 0 Å². The summed E-state index contributed by atoms with van der Waals surface area (Å²) < 4.78 is 16.0. The third kappa shape index (κ3) is 4.01. The number of rotatable bonds is 5.